The normalized spacial score (nSPS) is 15.7. The van der Waals surface area contributed by atoms with Gasteiger partial charge in [-0.3, -0.25) is 0 Å². The molecule has 0 aromatic carbocycles. The number of hydrogen-bond acceptors (Lipinski definition) is 4. The number of rotatable bonds is 8. The fourth-order valence-electron chi connectivity index (χ4n) is 1.02. The fraction of sp³-hybridized carbons (Fsp3) is 1.00. The van der Waals surface area contributed by atoms with Gasteiger partial charge in [0.05, 0.1) is 19.3 Å². The van der Waals surface area contributed by atoms with Crippen LogP contribution < -0.4 is 5.32 Å². The molecule has 4 nitrogen and oxygen atoms in total. The summed E-state index contributed by atoms with van der Waals surface area (Å²) < 4.78 is 10.4. The van der Waals surface area contributed by atoms with Crippen LogP contribution in [0.1, 0.15) is 13.3 Å². The molecule has 2 atom stereocenters. The monoisotopic (exact) mass is 191 g/mol. The molecule has 0 aliphatic heterocycles. The molecular formula is C9H21NO3. The van der Waals surface area contributed by atoms with Crippen LogP contribution in [0.4, 0.5) is 0 Å². The topological polar surface area (TPSA) is 50.7 Å². The lowest BCUT2D eigenvalue weighted by Gasteiger charge is -2.15. The maximum Gasteiger partial charge on any atom is 0.0780 e. The Hall–Kier alpha value is -0.160. The predicted octanol–water partition coefficient (Wildman–Crippen LogP) is 0.00830. The van der Waals surface area contributed by atoms with E-state index in [2.05, 4.69) is 5.32 Å². The SMILES string of the molecule is CNC(CO)CCOC(C)COC. The molecule has 0 radical (unpaired) electrons. The van der Waals surface area contributed by atoms with Gasteiger partial charge in [0.15, 0.2) is 0 Å². The summed E-state index contributed by atoms with van der Waals surface area (Å²) >= 11 is 0. The molecule has 0 fully saturated rings. The van der Waals surface area contributed by atoms with Crippen molar-refractivity contribution in [1.82, 2.24) is 5.32 Å². The van der Waals surface area contributed by atoms with Gasteiger partial charge in [-0.15, -0.1) is 0 Å². The lowest BCUT2D eigenvalue weighted by atomic mass is 10.2. The Bertz CT molecular complexity index is 107. The van der Waals surface area contributed by atoms with Gasteiger partial charge in [0, 0.05) is 19.8 Å². The second kappa shape index (κ2) is 8.44. The zero-order valence-corrected chi connectivity index (χ0v) is 8.75. The second-order valence-electron chi connectivity index (χ2n) is 3.09. The van der Waals surface area contributed by atoms with E-state index in [0.717, 1.165) is 6.42 Å². The highest BCUT2D eigenvalue weighted by molar-refractivity contribution is 4.61. The number of ether oxygens (including phenoxy) is 2. The van der Waals surface area contributed by atoms with E-state index in [9.17, 15) is 0 Å². The van der Waals surface area contributed by atoms with Crippen molar-refractivity contribution in [2.24, 2.45) is 0 Å². The molecule has 0 saturated heterocycles. The van der Waals surface area contributed by atoms with Crippen LogP contribution in [0.3, 0.4) is 0 Å². The molecule has 0 aliphatic carbocycles. The summed E-state index contributed by atoms with van der Waals surface area (Å²) in [6.07, 6.45) is 0.947. The van der Waals surface area contributed by atoms with Crippen molar-refractivity contribution in [1.29, 1.82) is 0 Å². The van der Waals surface area contributed by atoms with Crippen molar-refractivity contribution < 1.29 is 14.6 Å². The zero-order chi connectivity index (χ0) is 10.1. The number of methoxy groups -OCH3 is 1. The minimum atomic E-state index is 0.126. The van der Waals surface area contributed by atoms with Gasteiger partial charge >= 0.3 is 0 Å². The van der Waals surface area contributed by atoms with E-state index in [-0.39, 0.29) is 18.8 Å². The van der Waals surface area contributed by atoms with Gasteiger partial charge in [0.25, 0.3) is 0 Å². The fourth-order valence-corrected chi connectivity index (χ4v) is 1.02. The molecule has 80 valence electrons. The van der Waals surface area contributed by atoms with Crippen molar-refractivity contribution in [3.05, 3.63) is 0 Å². The number of aliphatic hydroxyl groups is 1. The van der Waals surface area contributed by atoms with Gasteiger partial charge in [-0.25, -0.2) is 0 Å². The highest BCUT2D eigenvalue weighted by Gasteiger charge is 2.05. The third-order valence-corrected chi connectivity index (χ3v) is 1.90. The lowest BCUT2D eigenvalue weighted by molar-refractivity contribution is 0.00408. The molecule has 0 heterocycles. The zero-order valence-electron chi connectivity index (χ0n) is 8.75. The Balaban J connectivity index is 3.32. The maximum absolute atomic E-state index is 8.85. The Morgan fingerprint density at radius 3 is 2.62 bits per heavy atom. The summed E-state index contributed by atoms with van der Waals surface area (Å²) in [5.74, 6) is 0. The maximum atomic E-state index is 8.85. The van der Waals surface area contributed by atoms with Crippen LogP contribution in [0.5, 0.6) is 0 Å². The molecule has 4 heteroatoms. The van der Waals surface area contributed by atoms with Crippen LogP contribution in [0.2, 0.25) is 0 Å². The van der Waals surface area contributed by atoms with Crippen LogP contribution in [-0.2, 0) is 9.47 Å². The van der Waals surface area contributed by atoms with Gasteiger partial charge in [-0.05, 0) is 20.4 Å². The summed E-state index contributed by atoms with van der Waals surface area (Å²) in [5, 5.41) is 11.8. The Kier molecular flexibility index (Phi) is 8.33. The van der Waals surface area contributed by atoms with Gasteiger partial charge in [-0.2, -0.15) is 0 Å². The Morgan fingerprint density at radius 2 is 2.15 bits per heavy atom. The molecule has 13 heavy (non-hydrogen) atoms. The second-order valence-corrected chi connectivity index (χ2v) is 3.09. The third-order valence-electron chi connectivity index (χ3n) is 1.90. The van der Waals surface area contributed by atoms with Gasteiger partial charge < -0.3 is 19.9 Å². The quantitative estimate of drug-likeness (QED) is 0.567. The minimum Gasteiger partial charge on any atom is -0.395 e. The van der Waals surface area contributed by atoms with Crippen LogP contribution in [0.15, 0.2) is 0 Å². The van der Waals surface area contributed by atoms with Crippen molar-refractivity contribution in [3.63, 3.8) is 0 Å². The van der Waals surface area contributed by atoms with Crippen LogP contribution in [-0.4, -0.2) is 51.2 Å². The molecule has 0 bridgehead atoms. The van der Waals surface area contributed by atoms with E-state index in [1.807, 2.05) is 14.0 Å². The molecule has 0 aromatic rings. The van der Waals surface area contributed by atoms with Gasteiger partial charge in [-0.1, -0.05) is 0 Å². The van der Waals surface area contributed by atoms with E-state index in [0.29, 0.717) is 13.2 Å². The van der Waals surface area contributed by atoms with Crippen molar-refractivity contribution >= 4 is 0 Å². The first-order chi connectivity index (χ1) is 6.24. The smallest absolute Gasteiger partial charge is 0.0780 e. The largest absolute Gasteiger partial charge is 0.395 e. The van der Waals surface area contributed by atoms with E-state index in [1.165, 1.54) is 0 Å². The molecule has 0 spiro atoms. The summed E-state index contributed by atoms with van der Waals surface area (Å²) in [6, 6.07) is 0.134. The first-order valence-electron chi connectivity index (χ1n) is 4.63. The molecule has 0 rings (SSSR count). The molecule has 2 N–H and O–H groups in total. The van der Waals surface area contributed by atoms with E-state index < -0.39 is 0 Å². The van der Waals surface area contributed by atoms with Crippen LogP contribution >= 0.6 is 0 Å². The first kappa shape index (κ1) is 12.8. The van der Waals surface area contributed by atoms with Crippen LogP contribution in [0.25, 0.3) is 0 Å². The molecular weight excluding hydrogens is 170 g/mol. The van der Waals surface area contributed by atoms with Crippen molar-refractivity contribution in [2.75, 3.05) is 34.0 Å². The van der Waals surface area contributed by atoms with Gasteiger partial charge in [0.1, 0.15) is 0 Å². The number of nitrogens with one attached hydrogen (secondary N) is 1. The first-order valence-corrected chi connectivity index (χ1v) is 4.63. The number of hydrogen-bond donors (Lipinski definition) is 2. The Labute approximate surface area is 80.2 Å². The van der Waals surface area contributed by atoms with E-state index in [4.69, 9.17) is 14.6 Å². The summed E-state index contributed by atoms with van der Waals surface area (Å²) in [4.78, 5) is 0. The van der Waals surface area contributed by atoms with Crippen molar-refractivity contribution in [3.8, 4) is 0 Å². The average molecular weight is 191 g/mol. The van der Waals surface area contributed by atoms with Gasteiger partial charge in [0.2, 0.25) is 0 Å². The predicted molar refractivity (Wildman–Crippen MR) is 51.8 cm³/mol. The van der Waals surface area contributed by atoms with Crippen LogP contribution in [0, 0.1) is 0 Å². The third kappa shape index (κ3) is 6.95. The molecule has 0 amide bonds. The lowest BCUT2D eigenvalue weighted by Crippen LogP contribution is -2.31. The highest BCUT2D eigenvalue weighted by Crippen LogP contribution is 1.96. The molecule has 2 unspecified atom stereocenters. The average Bonchev–Trinajstić information content (AvgIpc) is 2.13. The van der Waals surface area contributed by atoms with Crippen molar-refractivity contribution in [2.45, 2.75) is 25.5 Å². The number of likely N-dealkylation sites (N-methyl/N-ethyl adjacent to an activating group) is 1. The molecule has 0 saturated carbocycles. The number of aliphatic hydroxyl groups excluding tert-OH is 1. The molecule has 0 aromatic heterocycles. The summed E-state index contributed by atoms with van der Waals surface area (Å²) in [6.45, 7) is 3.38. The minimum absolute atomic E-state index is 0.126. The molecule has 0 aliphatic rings. The summed E-state index contributed by atoms with van der Waals surface area (Å²) in [5.41, 5.74) is 0. The van der Waals surface area contributed by atoms with E-state index in [1.54, 1.807) is 7.11 Å². The summed E-state index contributed by atoms with van der Waals surface area (Å²) in [7, 11) is 3.49. The standard InChI is InChI=1S/C9H21NO3/c1-8(7-12-3)13-5-4-9(6-11)10-2/h8-11H,4-7H2,1-3H3. The van der Waals surface area contributed by atoms with E-state index >= 15 is 0 Å². The Morgan fingerprint density at radius 1 is 1.46 bits per heavy atom. The highest BCUT2D eigenvalue weighted by atomic mass is 16.5.